The molecule has 0 spiro atoms. The molecular formula is C24H34O4. The molecule has 0 saturated carbocycles. The summed E-state index contributed by atoms with van der Waals surface area (Å²) in [5.41, 5.74) is 1.57. The van der Waals surface area contributed by atoms with Crippen LogP contribution in [0.1, 0.15) is 51.5 Å². The zero-order valence-corrected chi connectivity index (χ0v) is 17.5. The molecule has 0 heterocycles. The number of unbranched alkanes of at least 4 members (excludes halogenated alkanes) is 1. The molecule has 28 heavy (non-hydrogen) atoms. The smallest absolute Gasteiger partial charge is 0.333 e. The maximum absolute atomic E-state index is 11.0. The molecule has 4 nitrogen and oxygen atoms in total. The fraction of sp³-hybridized carbons (Fsp3) is 0.417. The van der Waals surface area contributed by atoms with Crippen LogP contribution in [0.5, 0.6) is 0 Å². The van der Waals surface area contributed by atoms with Crippen LogP contribution >= 0.6 is 0 Å². The summed E-state index contributed by atoms with van der Waals surface area (Å²) >= 11 is 0. The summed E-state index contributed by atoms with van der Waals surface area (Å²) in [5, 5.41) is 0. The van der Waals surface area contributed by atoms with Gasteiger partial charge in [-0.15, -0.1) is 0 Å². The minimum atomic E-state index is -0.354. The summed E-state index contributed by atoms with van der Waals surface area (Å²) in [4.78, 5) is 21.8. The predicted molar refractivity (Wildman–Crippen MR) is 116 cm³/mol. The van der Waals surface area contributed by atoms with Crippen molar-refractivity contribution in [1.82, 2.24) is 0 Å². The van der Waals surface area contributed by atoms with E-state index in [2.05, 4.69) is 31.7 Å². The quantitative estimate of drug-likeness (QED) is 0.359. The first-order valence-electron chi connectivity index (χ1n) is 9.75. The van der Waals surface area contributed by atoms with E-state index in [4.69, 9.17) is 4.74 Å². The van der Waals surface area contributed by atoms with Gasteiger partial charge in [-0.05, 0) is 24.3 Å². The number of benzene rings is 1. The van der Waals surface area contributed by atoms with Crippen LogP contribution in [0.25, 0.3) is 6.08 Å². The van der Waals surface area contributed by atoms with Gasteiger partial charge in [0.15, 0.2) is 0 Å². The molecular weight excluding hydrogens is 352 g/mol. The Hall–Kier alpha value is -2.62. The van der Waals surface area contributed by atoms with Gasteiger partial charge < -0.3 is 9.47 Å². The molecule has 1 unspecified atom stereocenters. The summed E-state index contributed by atoms with van der Waals surface area (Å²) in [6.07, 6.45) is 10.2. The van der Waals surface area contributed by atoms with Gasteiger partial charge >= 0.3 is 11.9 Å². The van der Waals surface area contributed by atoms with Crippen molar-refractivity contribution in [2.45, 2.75) is 46.0 Å². The Kier molecular flexibility index (Phi) is 15.0. The topological polar surface area (TPSA) is 52.6 Å². The Labute approximate surface area is 169 Å². The Bertz CT molecular complexity index is 617. The molecule has 0 aliphatic carbocycles. The second-order valence-electron chi connectivity index (χ2n) is 6.36. The number of ether oxygens (including phenoxy) is 2. The minimum Gasteiger partial charge on any atom is -0.466 e. The SMILES string of the molecule is C=C(CC=Cc1ccccc1)C(=O)OC.C=CC(=O)OCC(CC)CCCC. The van der Waals surface area contributed by atoms with Gasteiger partial charge in [0.2, 0.25) is 0 Å². The first-order valence-corrected chi connectivity index (χ1v) is 9.75. The van der Waals surface area contributed by atoms with Crippen molar-refractivity contribution in [1.29, 1.82) is 0 Å². The summed E-state index contributed by atoms with van der Waals surface area (Å²) < 4.78 is 9.53. The molecule has 1 atom stereocenters. The lowest BCUT2D eigenvalue weighted by molar-refractivity contribution is -0.139. The summed E-state index contributed by atoms with van der Waals surface area (Å²) in [7, 11) is 1.36. The van der Waals surface area contributed by atoms with E-state index in [1.165, 1.54) is 26.0 Å². The van der Waals surface area contributed by atoms with Crippen molar-refractivity contribution in [2.24, 2.45) is 5.92 Å². The highest BCUT2D eigenvalue weighted by Crippen LogP contribution is 2.12. The number of carbonyl (C=O) groups is 2. The summed E-state index contributed by atoms with van der Waals surface area (Å²) in [6.45, 7) is 11.8. The Morgan fingerprint density at radius 1 is 1.18 bits per heavy atom. The van der Waals surface area contributed by atoms with E-state index >= 15 is 0 Å². The van der Waals surface area contributed by atoms with Gasteiger partial charge in [0.05, 0.1) is 13.7 Å². The Morgan fingerprint density at radius 2 is 1.86 bits per heavy atom. The van der Waals surface area contributed by atoms with Crippen LogP contribution in [0.15, 0.2) is 61.2 Å². The molecule has 0 aliphatic rings. The molecule has 1 aromatic rings. The highest BCUT2D eigenvalue weighted by Gasteiger charge is 2.07. The highest BCUT2D eigenvalue weighted by molar-refractivity contribution is 5.88. The van der Waals surface area contributed by atoms with Gasteiger partial charge in [0, 0.05) is 11.6 Å². The van der Waals surface area contributed by atoms with Crippen molar-refractivity contribution < 1.29 is 19.1 Å². The van der Waals surface area contributed by atoms with Crippen molar-refractivity contribution in [3.63, 3.8) is 0 Å². The van der Waals surface area contributed by atoms with Gasteiger partial charge in [-0.1, -0.05) is 88.8 Å². The predicted octanol–water partition coefficient (Wildman–Crippen LogP) is 5.75. The van der Waals surface area contributed by atoms with E-state index < -0.39 is 0 Å². The maximum atomic E-state index is 11.0. The van der Waals surface area contributed by atoms with E-state index in [9.17, 15) is 9.59 Å². The summed E-state index contributed by atoms with van der Waals surface area (Å²) in [6, 6.07) is 9.89. The van der Waals surface area contributed by atoms with Crippen molar-refractivity contribution in [2.75, 3.05) is 13.7 Å². The normalized spacial score (nSPS) is 11.1. The number of carbonyl (C=O) groups excluding carboxylic acids is 2. The van der Waals surface area contributed by atoms with Gasteiger partial charge in [0.25, 0.3) is 0 Å². The lowest BCUT2D eigenvalue weighted by atomic mass is 10.0. The molecule has 0 saturated heterocycles. The van der Waals surface area contributed by atoms with Crippen LogP contribution in [-0.4, -0.2) is 25.7 Å². The zero-order valence-electron chi connectivity index (χ0n) is 17.5. The molecule has 0 aliphatic heterocycles. The van der Waals surface area contributed by atoms with Gasteiger partial charge in [-0.3, -0.25) is 0 Å². The third-order valence-electron chi connectivity index (χ3n) is 4.12. The fourth-order valence-corrected chi connectivity index (χ4v) is 2.29. The van der Waals surface area contributed by atoms with Crippen molar-refractivity contribution >= 4 is 18.0 Å². The van der Waals surface area contributed by atoms with E-state index in [1.54, 1.807) is 0 Å². The first-order chi connectivity index (χ1) is 13.5. The largest absolute Gasteiger partial charge is 0.466 e. The molecule has 0 N–H and O–H groups in total. The number of methoxy groups -OCH3 is 1. The zero-order chi connectivity index (χ0) is 21.2. The fourth-order valence-electron chi connectivity index (χ4n) is 2.29. The molecule has 4 heteroatoms. The molecule has 0 radical (unpaired) electrons. The highest BCUT2D eigenvalue weighted by atomic mass is 16.5. The third-order valence-corrected chi connectivity index (χ3v) is 4.12. The lowest BCUT2D eigenvalue weighted by Crippen LogP contribution is -2.12. The van der Waals surface area contributed by atoms with Crippen LogP contribution in [-0.2, 0) is 19.1 Å². The molecule has 0 bridgehead atoms. The molecule has 0 fully saturated rings. The molecule has 0 amide bonds. The molecule has 0 aromatic heterocycles. The van der Waals surface area contributed by atoms with Gasteiger partial charge in [-0.25, -0.2) is 9.59 Å². The minimum absolute atomic E-state index is 0.310. The second kappa shape index (κ2) is 16.5. The van der Waals surface area contributed by atoms with E-state index in [1.807, 2.05) is 42.5 Å². The number of hydrogen-bond acceptors (Lipinski definition) is 4. The van der Waals surface area contributed by atoms with Crippen molar-refractivity contribution in [3.05, 3.63) is 66.8 Å². The average molecular weight is 387 g/mol. The maximum Gasteiger partial charge on any atom is 0.333 e. The molecule has 1 aromatic carbocycles. The average Bonchev–Trinajstić information content (AvgIpc) is 2.74. The van der Waals surface area contributed by atoms with Crippen LogP contribution in [0.3, 0.4) is 0 Å². The second-order valence-corrected chi connectivity index (χ2v) is 6.36. The van der Waals surface area contributed by atoms with Gasteiger partial charge in [-0.2, -0.15) is 0 Å². The third kappa shape index (κ3) is 12.7. The Morgan fingerprint density at radius 3 is 2.39 bits per heavy atom. The standard InChI is InChI=1S/C13H14O2.C11H20O2/c1-11(13(14)15-2)7-6-10-12-8-4-3-5-9-12;1-4-7-8-10(5-2)9-13-11(12)6-3/h3-6,8-10H,1,7H2,2H3;6,10H,3-5,7-9H2,1-2H3. The summed E-state index contributed by atoms with van der Waals surface area (Å²) in [5.74, 6) is -0.147. The van der Waals surface area contributed by atoms with Crippen LogP contribution in [0.2, 0.25) is 0 Å². The first kappa shape index (κ1) is 25.4. The van der Waals surface area contributed by atoms with Crippen LogP contribution in [0, 0.1) is 5.92 Å². The Balaban J connectivity index is 0.000000528. The van der Waals surface area contributed by atoms with Gasteiger partial charge in [0.1, 0.15) is 0 Å². The van der Waals surface area contributed by atoms with Crippen molar-refractivity contribution in [3.8, 4) is 0 Å². The monoisotopic (exact) mass is 386 g/mol. The number of esters is 2. The van der Waals surface area contributed by atoms with Crippen LogP contribution < -0.4 is 0 Å². The number of hydrogen-bond donors (Lipinski definition) is 0. The molecule has 1 rings (SSSR count). The number of allylic oxidation sites excluding steroid dienone is 1. The van der Waals surface area contributed by atoms with E-state index in [-0.39, 0.29) is 11.9 Å². The van der Waals surface area contributed by atoms with Crippen LogP contribution in [0.4, 0.5) is 0 Å². The number of rotatable bonds is 11. The van der Waals surface area contributed by atoms with E-state index in [0.717, 1.165) is 18.4 Å². The molecule has 154 valence electrons. The lowest BCUT2D eigenvalue weighted by Gasteiger charge is -2.13. The van der Waals surface area contributed by atoms with E-state index in [0.29, 0.717) is 24.5 Å².